The molecule has 19 heavy (non-hydrogen) atoms. The predicted molar refractivity (Wildman–Crippen MR) is 74.6 cm³/mol. The number of hydrogen-bond donors (Lipinski definition) is 1. The minimum atomic E-state index is -0.991. The number of halogens is 1. The normalized spacial score (nSPS) is 9.95. The van der Waals surface area contributed by atoms with E-state index in [0.717, 1.165) is 11.1 Å². The quantitative estimate of drug-likeness (QED) is 0.829. The Balaban J connectivity index is 2.21. The molecular weight excluding hydrogens is 241 g/mol. The average Bonchev–Trinajstić information content (AvgIpc) is 2.42. The van der Waals surface area contributed by atoms with E-state index < -0.39 is 11.7 Å². The summed E-state index contributed by atoms with van der Waals surface area (Å²) in [6, 6.07) is 17.2. The van der Waals surface area contributed by atoms with Crippen LogP contribution in [-0.4, -0.2) is 5.91 Å². The highest BCUT2D eigenvalue weighted by molar-refractivity contribution is 6.02. The van der Waals surface area contributed by atoms with Crippen LogP contribution >= 0.6 is 0 Å². The highest BCUT2D eigenvalue weighted by Gasteiger charge is 2.09. The van der Waals surface area contributed by atoms with E-state index in [1.54, 1.807) is 12.1 Å². The molecule has 0 unspecified atom stereocenters. The van der Waals surface area contributed by atoms with E-state index in [9.17, 15) is 9.18 Å². The molecule has 0 heterocycles. The molecule has 0 atom stereocenters. The molecule has 0 aromatic heterocycles. The van der Waals surface area contributed by atoms with Crippen molar-refractivity contribution < 1.29 is 9.18 Å². The summed E-state index contributed by atoms with van der Waals surface area (Å²) in [6.07, 6.45) is 0.677. The van der Waals surface area contributed by atoms with E-state index in [-0.39, 0.29) is 0 Å². The summed E-state index contributed by atoms with van der Waals surface area (Å²) >= 11 is 0. The van der Waals surface area contributed by atoms with Crippen molar-refractivity contribution in [3.05, 3.63) is 78.1 Å². The van der Waals surface area contributed by atoms with Gasteiger partial charge in [0.15, 0.2) is 5.83 Å². The van der Waals surface area contributed by atoms with Gasteiger partial charge in [-0.15, -0.1) is 0 Å². The predicted octanol–water partition coefficient (Wildman–Crippen LogP) is 3.70. The van der Waals surface area contributed by atoms with Crippen LogP contribution in [0.25, 0.3) is 0 Å². The van der Waals surface area contributed by atoms with Crippen LogP contribution in [0.4, 0.5) is 10.1 Å². The number of carbonyl (C=O) groups excluding carboxylic acids is 1. The molecule has 96 valence electrons. The lowest BCUT2D eigenvalue weighted by Crippen LogP contribution is -2.12. The maximum absolute atomic E-state index is 12.7. The number of benzene rings is 2. The SMILES string of the molecule is C=C(F)C(=O)Nc1ccccc1Cc1ccccc1. The van der Waals surface area contributed by atoms with Crippen molar-refractivity contribution in [2.75, 3.05) is 5.32 Å². The van der Waals surface area contributed by atoms with Crippen molar-refractivity contribution in [3.8, 4) is 0 Å². The number of para-hydroxylation sites is 1. The molecule has 0 spiro atoms. The van der Waals surface area contributed by atoms with Gasteiger partial charge in [-0.05, 0) is 23.6 Å². The third-order valence-corrected chi connectivity index (χ3v) is 2.75. The summed E-state index contributed by atoms with van der Waals surface area (Å²) in [5.41, 5.74) is 2.67. The van der Waals surface area contributed by atoms with Gasteiger partial charge in [-0.3, -0.25) is 4.79 Å². The second-order valence-electron chi connectivity index (χ2n) is 4.18. The van der Waals surface area contributed by atoms with E-state index in [4.69, 9.17) is 0 Å². The van der Waals surface area contributed by atoms with Gasteiger partial charge in [-0.1, -0.05) is 55.1 Å². The smallest absolute Gasteiger partial charge is 0.283 e. The van der Waals surface area contributed by atoms with Gasteiger partial charge in [0.2, 0.25) is 0 Å². The van der Waals surface area contributed by atoms with Gasteiger partial charge in [-0.25, -0.2) is 4.39 Å². The summed E-state index contributed by atoms with van der Waals surface area (Å²) in [5.74, 6) is -1.80. The molecule has 0 aliphatic heterocycles. The summed E-state index contributed by atoms with van der Waals surface area (Å²) in [4.78, 5) is 11.3. The van der Waals surface area contributed by atoms with Crippen LogP contribution < -0.4 is 5.32 Å². The third-order valence-electron chi connectivity index (χ3n) is 2.75. The Morgan fingerprint density at radius 2 is 1.68 bits per heavy atom. The fourth-order valence-corrected chi connectivity index (χ4v) is 1.80. The maximum atomic E-state index is 12.7. The Morgan fingerprint density at radius 3 is 2.37 bits per heavy atom. The van der Waals surface area contributed by atoms with E-state index in [0.29, 0.717) is 12.1 Å². The zero-order valence-corrected chi connectivity index (χ0v) is 10.4. The van der Waals surface area contributed by atoms with Gasteiger partial charge in [0.05, 0.1) is 0 Å². The zero-order valence-electron chi connectivity index (χ0n) is 10.4. The van der Waals surface area contributed by atoms with Crippen molar-refractivity contribution in [1.29, 1.82) is 0 Å². The van der Waals surface area contributed by atoms with Gasteiger partial charge >= 0.3 is 0 Å². The molecule has 2 aromatic rings. The van der Waals surface area contributed by atoms with Crippen LogP contribution in [0, 0.1) is 0 Å². The van der Waals surface area contributed by atoms with E-state index in [1.807, 2.05) is 42.5 Å². The van der Waals surface area contributed by atoms with Gasteiger partial charge in [0, 0.05) is 5.69 Å². The largest absolute Gasteiger partial charge is 0.320 e. The topological polar surface area (TPSA) is 29.1 Å². The number of rotatable bonds is 4. The Labute approximate surface area is 111 Å². The molecule has 0 aliphatic rings. The summed E-state index contributed by atoms with van der Waals surface area (Å²) < 4.78 is 12.7. The Morgan fingerprint density at radius 1 is 1.05 bits per heavy atom. The van der Waals surface area contributed by atoms with Crippen LogP contribution in [0.1, 0.15) is 11.1 Å². The lowest BCUT2D eigenvalue weighted by atomic mass is 10.0. The molecule has 2 aromatic carbocycles. The van der Waals surface area contributed by atoms with E-state index in [2.05, 4.69) is 11.9 Å². The highest BCUT2D eigenvalue weighted by Crippen LogP contribution is 2.19. The van der Waals surface area contributed by atoms with E-state index in [1.165, 1.54) is 0 Å². The summed E-state index contributed by atoms with van der Waals surface area (Å²) in [5, 5.41) is 2.52. The number of carbonyl (C=O) groups is 1. The van der Waals surface area contributed by atoms with Gasteiger partial charge in [0.1, 0.15) is 0 Å². The summed E-state index contributed by atoms with van der Waals surface area (Å²) in [6.45, 7) is 2.99. The lowest BCUT2D eigenvalue weighted by molar-refractivity contribution is -0.114. The molecule has 0 bridgehead atoms. The van der Waals surface area contributed by atoms with Gasteiger partial charge < -0.3 is 5.32 Å². The Hall–Kier alpha value is -2.42. The van der Waals surface area contributed by atoms with Gasteiger partial charge in [-0.2, -0.15) is 0 Å². The molecule has 3 heteroatoms. The first-order valence-corrected chi connectivity index (χ1v) is 5.94. The standard InChI is InChI=1S/C16H14FNO/c1-12(17)16(19)18-15-10-6-5-9-14(15)11-13-7-3-2-4-8-13/h2-10H,1,11H2,(H,18,19). The fourth-order valence-electron chi connectivity index (χ4n) is 1.80. The van der Waals surface area contributed by atoms with Crippen LogP contribution in [-0.2, 0) is 11.2 Å². The van der Waals surface area contributed by atoms with Crippen LogP contribution in [0.5, 0.6) is 0 Å². The minimum Gasteiger partial charge on any atom is -0.320 e. The van der Waals surface area contributed by atoms with Crippen molar-refractivity contribution in [2.24, 2.45) is 0 Å². The van der Waals surface area contributed by atoms with Crippen molar-refractivity contribution in [1.82, 2.24) is 0 Å². The Bertz CT molecular complexity index is 593. The average molecular weight is 255 g/mol. The monoisotopic (exact) mass is 255 g/mol. The first-order valence-electron chi connectivity index (χ1n) is 5.94. The molecule has 0 saturated heterocycles. The molecule has 0 fully saturated rings. The molecule has 2 rings (SSSR count). The molecule has 0 radical (unpaired) electrons. The summed E-state index contributed by atoms with van der Waals surface area (Å²) in [7, 11) is 0. The highest BCUT2D eigenvalue weighted by atomic mass is 19.1. The van der Waals surface area contributed by atoms with E-state index >= 15 is 0 Å². The third kappa shape index (κ3) is 3.52. The number of amides is 1. The molecule has 0 aliphatic carbocycles. The second kappa shape index (κ2) is 5.96. The van der Waals surface area contributed by atoms with Crippen molar-refractivity contribution in [3.63, 3.8) is 0 Å². The van der Waals surface area contributed by atoms with Crippen molar-refractivity contribution >= 4 is 11.6 Å². The second-order valence-corrected chi connectivity index (χ2v) is 4.18. The lowest BCUT2D eigenvalue weighted by Gasteiger charge is -2.10. The van der Waals surface area contributed by atoms with Crippen LogP contribution in [0.15, 0.2) is 67.0 Å². The molecule has 1 N–H and O–H groups in total. The molecular formula is C16H14FNO. The molecule has 2 nitrogen and oxygen atoms in total. The minimum absolute atomic E-state index is 0.607. The first-order chi connectivity index (χ1) is 9.16. The fraction of sp³-hybridized carbons (Fsp3) is 0.0625. The van der Waals surface area contributed by atoms with Crippen LogP contribution in [0.2, 0.25) is 0 Å². The maximum Gasteiger partial charge on any atom is 0.283 e. The molecule has 1 amide bonds. The van der Waals surface area contributed by atoms with Gasteiger partial charge in [0.25, 0.3) is 5.91 Å². The number of hydrogen-bond acceptors (Lipinski definition) is 1. The first kappa shape index (κ1) is 13.0. The van der Waals surface area contributed by atoms with Crippen molar-refractivity contribution in [2.45, 2.75) is 6.42 Å². The molecule has 0 saturated carbocycles. The Kier molecular flexibility index (Phi) is 4.08. The van der Waals surface area contributed by atoms with Crippen LogP contribution in [0.3, 0.4) is 0 Å². The number of anilines is 1. The zero-order chi connectivity index (χ0) is 13.7. The number of nitrogens with one attached hydrogen (secondary N) is 1.